The van der Waals surface area contributed by atoms with Crippen LogP contribution < -0.4 is 22.1 Å². The minimum Gasteiger partial charge on any atom is -0.293 e. The van der Waals surface area contributed by atoms with E-state index in [4.69, 9.17) is 0 Å². The smallest absolute Gasteiger partial charge is 0.293 e. The molecule has 2 aliphatic heterocycles. The van der Waals surface area contributed by atoms with Crippen molar-refractivity contribution in [2.45, 2.75) is 6.54 Å². The molecule has 1 aromatic heterocycles. The van der Waals surface area contributed by atoms with Gasteiger partial charge in [-0.15, -0.1) is 0 Å². The van der Waals surface area contributed by atoms with Crippen molar-refractivity contribution in [2.24, 2.45) is 24.1 Å². The molecule has 1 aromatic carbocycles. The maximum atomic E-state index is 12.3. The lowest BCUT2D eigenvalue weighted by Crippen LogP contribution is -2.55. The van der Waals surface area contributed by atoms with Gasteiger partial charge in [0.2, 0.25) is 0 Å². The van der Waals surface area contributed by atoms with E-state index < -0.39 is 5.56 Å². The molecule has 0 bridgehead atoms. The third-order valence-electron chi connectivity index (χ3n) is 4.93. The van der Waals surface area contributed by atoms with Gasteiger partial charge in [0.05, 0.1) is 13.1 Å². The summed E-state index contributed by atoms with van der Waals surface area (Å²) in [6.45, 7) is 4.30. The molecule has 2 aliphatic rings. The van der Waals surface area contributed by atoms with Gasteiger partial charge in [0.15, 0.2) is 0 Å². The van der Waals surface area contributed by atoms with E-state index in [0.29, 0.717) is 11.4 Å². The fourth-order valence-corrected chi connectivity index (χ4v) is 3.35. The average Bonchev–Trinajstić information content (AvgIpc) is 3.12. The van der Waals surface area contributed by atoms with Crippen molar-refractivity contribution in [1.29, 1.82) is 0 Å². The predicted octanol–water partition coefficient (Wildman–Crippen LogP) is -1.78. The zero-order valence-electron chi connectivity index (χ0n) is 14.9. The summed E-state index contributed by atoms with van der Waals surface area (Å²) in [5.74, 6) is 0.526. The van der Waals surface area contributed by atoms with Crippen LogP contribution in [0.25, 0.3) is 0 Å². The summed E-state index contributed by atoms with van der Waals surface area (Å²) in [5.41, 5.74) is 0.862. The summed E-state index contributed by atoms with van der Waals surface area (Å²) < 4.78 is 4.52. The molecule has 1 saturated heterocycles. The van der Waals surface area contributed by atoms with E-state index in [2.05, 4.69) is 43.7 Å². The second-order valence-electron chi connectivity index (χ2n) is 6.65. The van der Waals surface area contributed by atoms with E-state index in [1.165, 1.54) is 17.2 Å². The monoisotopic (exact) mass is 353 g/mol. The standard InChI is InChI=1S/C18H21N6O2/c1-21-15-14(16(25)22(2)18(21)26)19-17(20-15)24-10-8-23(9-11-24)12-13-6-4-3-5-7-13/h3-7H,8-12H2,1-2H3/q+1. The third kappa shape index (κ3) is 2.82. The molecule has 8 nitrogen and oxygen atoms in total. The predicted molar refractivity (Wildman–Crippen MR) is 96.0 cm³/mol. The maximum absolute atomic E-state index is 12.3. The summed E-state index contributed by atoms with van der Waals surface area (Å²) in [4.78, 5) is 35.6. The van der Waals surface area contributed by atoms with E-state index in [0.717, 1.165) is 37.3 Å². The van der Waals surface area contributed by atoms with Gasteiger partial charge in [-0.05, 0) is 10.6 Å². The van der Waals surface area contributed by atoms with E-state index in [9.17, 15) is 9.59 Å². The first-order valence-electron chi connectivity index (χ1n) is 8.66. The van der Waals surface area contributed by atoms with Crippen molar-refractivity contribution in [1.82, 2.24) is 14.0 Å². The number of aromatic nitrogens is 2. The van der Waals surface area contributed by atoms with Gasteiger partial charge in [-0.25, -0.2) is 4.79 Å². The van der Waals surface area contributed by atoms with Crippen molar-refractivity contribution in [3.05, 3.63) is 67.6 Å². The van der Waals surface area contributed by atoms with Gasteiger partial charge in [-0.1, -0.05) is 35.3 Å². The van der Waals surface area contributed by atoms with E-state index in [1.54, 1.807) is 7.05 Å². The molecule has 8 heteroatoms. The molecule has 134 valence electrons. The molecule has 4 rings (SSSR count). The third-order valence-corrected chi connectivity index (χ3v) is 4.93. The first-order valence-corrected chi connectivity index (χ1v) is 8.66. The van der Waals surface area contributed by atoms with E-state index in [-0.39, 0.29) is 11.0 Å². The van der Waals surface area contributed by atoms with E-state index in [1.807, 2.05) is 6.07 Å². The van der Waals surface area contributed by atoms with Crippen LogP contribution in [0.3, 0.4) is 0 Å². The minimum atomic E-state index is -0.399. The molecule has 0 spiro atoms. The number of piperazine rings is 1. The van der Waals surface area contributed by atoms with Crippen molar-refractivity contribution in [2.75, 3.05) is 26.2 Å². The Morgan fingerprint density at radius 2 is 1.69 bits per heavy atom. The van der Waals surface area contributed by atoms with Gasteiger partial charge < -0.3 is 0 Å². The Labute approximate surface area is 149 Å². The molecule has 0 unspecified atom stereocenters. The molecule has 26 heavy (non-hydrogen) atoms. The number of benzene rings is 1. The van der Waals surface area contributed by atoms with Gasteiger partial charge in [-0.2, -0.15) is 0 Å². The minimum absolute atomic E-state index is 0.247. The van der Waals surface area contributed by atoms with Gasteiger partial charge in [0.25, 0.3) is 10.8 Å². The number of hydrogen-bond acceptors (Lipinski definition) is 3. The largest absolute Gasteiger partial charge is 0.431 e. The van der Waals surface area contributed by atoms with Crippen LogP contribution in [-0.4, -0.2) is 50.7 Å². The van der Waals surface area contributed by atoms with Crippen LogP contribution in [-0.2, 0) is 20.6 Å². The zero-order chi connectivity index (χ0) is 18.3. The number of nitrogens with zero attached hydrogens (tertiary/aromatic N) is 6. The van der Waals surface area contributed by atoms with Crippen LogP contribution >= 0.6 is 0 Å². The molecule has 0 radical (unpaired) electrons. The number of rotatable bonds is 2. The zero-order valence-corrected chi connectivity index (χ0v) is 14.9. The number of hydrogen-bond donors (Lipinski definition) is 0. The Hall–Kier alpha value is -2.87. The Kier molecular flexibility index (Phi) is 4.12. The van der Waals surface area contributed by atoms with Crippen LogP contribution in [0.2, 0.25) is 0 Å². The lowest BCUT2D eigenvalue weighted by Gasteiger charge is -2.27. The van der Waals surface area contributed by atoms with Gasteiger partial charge in [0.1, 0.15) is 0 Å². The summed E-state index contributed by atoms with van der Waals surface area (Å²) in [6.07, 6.45) is 0. The van der Waals surface area contributed by atoms with Crippen molar-refractivity contribution in [3.63, 3.8) is 0 Å². The second kappa shape index (κ2) is 6.45. The van der Waals surface area contributed by atoms with Gasteiger partial charge in [-0.3, -0.25) is 23.4 Å². The molecule has 0 saturated carbocycles. The molecular weight excluding hydrogens is 332 g/mol. The highest BCUT2D eigenvalue weighted by atomic mass is 16.2. The second-order valence-corrected chi connectivity index (χ2v) is 6.65. The summed E-state index contributed by atoms with van der Waals surface area (Å²) in [7, 11) is 3.07. The average molecular weight is 353 g/mol. The normalized spacial score (nSPS) is 17.0. The fourth-order valence-electron chi connectivity index (χ4n) is 3.35. The topological polar surface area (TPSA) is 75.0 Å². The van der Waals surface area contributed by atoms with Crippen molar-refractivity contribution >= 4 is 5.96 Å². The SMILES string of the molecule is Cn1c(=O)c2c(n(C)c1=O)=NC(=[N+]1CCN(Cc3ccccc3)CC1)N=2. The Morgan fingerprint density at radius 3 is 2.38 bits per heavy atom. The highest BCUT2D eigenvalue weighted by molar-refractivity contribution is 5.78. The van der Waals surface area contributed by atoms with Crippen LogP contribution in [0.5, 0.6) is 0 Å². The molecule has 2 aromatic rings. The first kappa shape index (κ1) is 16.6. The van der Waals surface area contributed by atoms with Crippen molar-refractivity contribution in [3.8, 4) is 0 Å². The van der Waals surface area contributed by atoms with Crippen LogP contribution in [0.4, 0.5) is 0 Å². The highest BCUT2D eigenvalue weighted by Crippen LogP contribution is 2.07. The molecule has 0 amide bonds. The molecule has 0 aliphatic carbocycles. The maximum Gasteiger partial charge on any atom is 0.431 e. The summed E-state index contributed by atoms with van der Waals surface area (Å²) in [5, 5.41) is 0.247. The summed E-state index contributed by atoms with van der Waals surface area (Å²) in [6, 6.07) is 10.4. The molecule has 0 atom stereocenters. The van der Waals surface area contributed by atoms with Crippen LogP contribution in [0.1, 0.15) is 5.56 Å². The molecule has 1 fully saturated rings. The lowest BCUT2D eigenvalue weighted by molar-refractivity contribution is -0.541. The number of guanidine groups is 1. The molecule has 0 N–H and O–H groups in total. The Bertz CT molecular complexity index is 1120. The van der Waals surface area contributed by atoms with E-state index >= 15 is 0 Å². The van der Waals surface area contributed by atoms with Crippen LogP contribution in [0.15, 0.2) is 49.9 Å². The van der Waals surface area contributed by atoms with Gasteiger partial charge in [0, 0.05) is 33.7 Å². The summed E-state index contributed by atoms with van der Waals surface area (Å²) >= 11 is 0. The molecule has 3 heterocycles. The quantitative estimate of drug-likeness (QED) is 0.599. The van der Waals surface area contributed by atoms with Crippen molar-refractivity contribution < 1.29 is 4.58 Å². The Morgan fingerprint density at radius 1 is 1.00 bits per heavy atom. The number of fused-ring (bicyclic) bond motifs is 1. The highest BCUT2D eigenvalue weighted by Gasteiger charge is 2.26. The first-order chi connectivity index (χ1) is 12.5. The Balaban J connectivity index is 1.59. The lowest BCUT2D eigenvalue weighted by atomic mass is 10.2. The molecular formula is C18H21N6O2+. The van der Waals surface area contributed by atoms with Gasteiger partial charge >= 0.3 is 17.2 Å². The fraction of sp³-hybridized carbons (Fsp3) is 0.389. The van der Waals surface area contributed by atoms with Crippen LogP contribution in [0, 0.1) is 0 Å².